The van der Waals surface area contributed by atoms with Crippen LogP contribution in [0.2, 0.25) is 0 Å². The Kier molecular flexibility index (Phi) is 4.50. The van der Waals surface area contributed by atoms with Gasteiger partial charge in [0.25, 0.3) is 5.91 Å². The summed E-state index contributed by atoms with van der Waals surface area (Å²) >= 11 is 0. The Bertz CT molecular complexity index is 605. The van der Waals surface area contributed by atoms with Crippen LogP contribution in [0.25, 0.3) is 0 Å². The maximum atomic E-state index is 12.1. The number of carbonyl (C=O) groups excluding carboxylic acids is 2. The van der Waals surface area contributed by atoms with E-state index in [9.17, 15) is 9.59 Å². The predicted octanol–water partition coefficient (Wildman–Crippen LogP) is 2.83. The molecule has 0 aromatic heterocycles. The third-order valence-electron chi connectivity index (χ3n) is 2.72. The zero-order chi connectivity index (χ0) is 14.4. The fourth-order valence-electron chi connectivity index (χ4n) is 1.70. The summed E-state index contributed by atoms with van der Waals surface area (Å²) in [6, 6.07) is 14.3. The largest absolute Gasteiger partial charge is 0.486 e. The Morgan fingerprint density at radius 3 is 2.65 bits per heavy atom. The lowest BCUT2D eigenvalue weighted by Gasteiger charge is -2.07. The van der Waals surface area contributed by atoms with Gasteiger partial charge < -0.3 is 10.1 Å². The van der Waals surface area contributed by atoms with Crippen molar-refractivity contribution >= 4 is 17.9 Å². The molecule has 0 saturated carbocycles. The van der Waals surface area contributed by atoms with Gasteiger partial charge in [-0.25, -0.2) is 0 Å². The van der Waals surface area contributed by atoms with E-state index >= 15 is 0 Å². The van der Waals surface area contributed by atoms with Crippen molar-refractivity contribution in [2.45, 2.75) is 6.92 Å². The normalized spacial score (nSPS) is 9.85. The minimum atomic E-state index is -0.217. The Hall–Kier alpha value is -2.62. The molecule has 0 aliphatic heterocycles. The van der Waals surface area contributed by atoms with E-state index in [-0.39, 0.29) is 12.5 Å². The van der Waals surface area contributed by atoms with E-state index in [2.05, 4.69) is 5.32 Å². The first kappa shape index (κ1) is 13.8. The van der Waals surface area contributed by atoms with Gasteiger partial charge in [0.2, 0.25) is 0 Å². The number of hydrogen-bond acceptors (Lipinski definition) is 3. The highest BCUT2D eigenvalue weighted by atomic mass is 16.5. The van der Waals surface area contributed by atoms with Gasteiger partial charge in [0.15, 0.2) is 6.29 Å². The summed E-state index contributed by atoms with van der Waals surface area (Å²) in [5.41, 5.74) is 2.35. The summed E-state index contributed by atoms with van der Waals surface area (Å²) in [6.07, 6.45) is 0.666. The van der Waals surface area contributed by atoms with Crippen molar-refractivity contribution in [3.8, 4) is 5.75 Å². The first-order valence-electron chi connectivity index (χ1n) is 6.23. The van der Waals surface area contributed by atoms with Crippen molar-refractivity contribution in [3.05, 3.63) is 59.7 Å². The maximum absolute atomic E-state index is 12.1. The molecule has 20 heavy (non-hydrogen) atoms. The Balaban J connectivity index is 2.08. The average Bonchev–Trinajstić information content (AvgIpc) is 2.48. The van der Waals surface area contributed by atoms with E-state index in [1.807, 2.05) is 31.2 Å². The molecule has 0 bridgehead atoms. The highest BCUT2D eigenvalue weighted by molar-refractivity contribution is 6.04. The topological polar surface area (TPSA) is 55.4 Å². The average molecular weight is 269 g/mol. The Morgan fingerprint density at radius 2 is 1.95 bits per heavy atom. The van der Waals surface area contributed by atoms with E-state index in [0.29, 0.717) is 17.6 Å². The van der Waals surface area contributed by atoms with Crippen molar-refractivity contribution in [2.24, 2.45) is 0 Å². The molecule has 0 heterocycles. The van der Waals surface area contributed by atoms with Gasteiger partial charge in [-0.05, 0) is 37.3 Å². The summed E-state index contributed by atoms with van der Waals surface area (Å²) < 4.78 is 5.16. The highest BCUT2D eigenvalue weighted by Gasteiger charge is 2.07. The molecule has 0 radical (unpaired) electrons. The minimum absolute atomic E-state index is 0.0248. The summed E-state index contributed by atoms with van der Waals surface area (Å²) in [6.45, 7) is 1.96. The van der Waals surface area contributed by atoms with Crippen LogP contribution in [-0.2, 0) is 4.79 Å². The van der Waals surface area contributed by atoms with E-state index in [1.165, 1.54) is 0 Å². The molecule has 0 fully saturated rings. The summed E-state index contributed by atoms with van der Waals surface area (Å²) in [7, 11) is 0. The molecule has 1 amide bonds. The lowest BCUT2D eigenvalue weighted by atomic mass is 10.2. The second-order valence-corrected chi connectivity index (χ2v) is 4.33. The van der Waals surface area contributed by atoms with Gasteiger partial charge >= 0.3 is 0 Å². The minimum Gasteiger partial charge on any atom is -0.486 e. The quantitative estimate of drug-likeness (QED) is 0.849. The van der Waals surface area contributed by atoms with Crippen LogP contribution in [0.5, 0.6) is 5.75 Å². The molecule has 0 aliphatic carbocycles. The molecule has 102 valence electrons. The first-order valence-corrected chi connectivity index (χ1v) is 6.23. The van der Waals surface area contributed by atoms with Crippen LogP contribution in [0.3, 0.4) is 0 Å². The third-order valence-corrected chi connectivity index (χ3v) is 2.72. The molecule has 0 saturated heterocycles. The van der Waals surface area contributed by atoms with Crippen LogP contribution in [0.15, 0.2) is 48.5 Å². The lowest BCUT2D eigenvalue weighted by molar-refractivity contribution is -0.109. The van der Waals surface area contributed by atoms with Crippen molar-refractivity contribution in [3.63, 3.8) is 0 Å². The lowest BCUT2D eigenvalue weighted by Crippen LogP contribution is -2.12. The van der Waals surface area contributed by atoms with Gasteiger partial charge in [0.05, 0.1) is 0 Å². The molecule has 1 N–H and O–H groups in total. The number of carbonyl (C=O) groups is 2. The molecule has 0 atom stereocenters. The van der Waals surface area contributed by atoms with Crippen LogP contribution in [-0.4, -0.2) is 18.8 Å². The number of amides is 1. The van der Waals surface area contributed by atoms with E-state index in [0.717, 1.165) is 11.3 Å². The van der Waals surface area contributed by atoms with Crippen molar-refractivity contribution in [2.75, 3.05) is 11.9 Å². The number of ether oxygens (including phenoxy) is 1. The van der Waals surface area contributed by atoms with Gasteiger partial charge in [-0.1, -0.05) is 23.8 Å². The van der Waals surface area contributed by atoms with Gasteiger partial charge in [-0.3, -0.25) is 9.59 Å². The van der Waals surface area contributed by atoms with Crippen LogP contribution < -0.4 is 10.1 Å². The molecule has 2 rings (SSSR count). The Labute approximate surface area is 117 Å². The number of rotatable bonds is 5. The van der Waals surface area contributed by atoms with Crippen LogP contribution in [0.4, 0.5) is 5.69 Å². The summed E-state index contributed by atoms with van der Waals surface area (Å²) in [4.78, 5) is 22.4. The molecule has 2 aromatic rings. The number of aldehydes is 1. The molecule has 4 heteroatoms. The molecule has 0 spiro atoms. The van der Waals surface area contributed by atoms with Gasteiger partial charge in [-0.2, -0.15) is 0 Å². The molecule has 0 aliphatic rings. The smallest absolute Gasteiger partial charge is 0.255 e. The van der Waals surface area contributed by atoms with Gasteiger partial charge in [0.1, 0.15) is 12.4 Å². The SMILES string of the molecule is Cc1ccc(NC(=O)c2cccc(OCC=O)c2)cc1. The molecule has 0 unspecified atom stereocenters. The fourth-order valence-corrected chi connectivity index (χ4v) is 1.70. The molecule has 4 nitrogen and oxygen atoms in total. The first-order chi connectivity index (χ1) is 9.69. The molecular formula is C16H15NO3. The number of hydrogen-bond donors (Lipinski definition) is 1. The van der Waals surface area contributed by atoms with Gasteiger partial charge in [-0.15, -0.1) is 0 Å². The predicted molar refractivity (Wildman–Crippen MR) is 77.1 cm³/mol. The van der Waals surface area contributed by atoms with E-state index in [4.69, 9.17) is 4.74 Å². The summed E-state index contributed by atoms with van der Waals surface area (Å²) in [5, 5.41) is 2.80. The number of aryl methyl sites for hydroxylation is 1. The summed E-state index contributed by atoms with van der Waals surface area (Å²) in [5.74, 6) is 0.277. The number of nitrogens with one attached hydrogen (secondary N) is 1. The highest BCUT2D eigenvalue weighted by Crippen LogP contribution is 2.15. The molecular weight excluding hydrogens is 254 g/mol. The second kappa shape index (κ2) is 6.52. The van der Waals surface area contributed by atoms with Crippen LogP contribution in [0.1, 0.15) is 15.9 Å². The fraction of sp³-hybridized carbons (Fsp3) is 0.125. The standard InChI is InChI=1S/C16H15NO3/c1-12-5-7-14(8-6-12)17-16(19)13-3-2-4-15(11-13)20-10-9-18/h2-9,11H,10H2,1H3,(H,17,19). The van der Waals surface area contributed by atoms with Crippen molar-refractivity contribution in [1.82, 2.24) is 0 Å². The zero-order valence-electron chi connectivity index (χ0n) is 11.1. The van der Waals surface area contributed by atoms with E-state index < -0.39 is 0 Å². The Morgan fingerprint density at radius 1 is 1.20 bits per heavy atom. The van der Waals surface area contributed by atoms with Crippen LogP contribution >= 0.6 is 0 Å². The van der Waals surface area contributed by atoms with Crippen molar-refractivity contribution < 1.29 is 14.3 Å². The zero-order valence-corrected chi connectivity index (χ0v) is 11.1. The van der Waals surface area contributed by atoms with E-state index in [1.54, 1.807) is 24.3 Å². The van der Waals surface area contributed by atoms with Gasteiger partial charge in [0, 0.05) is 11.3 Å². The monoisotopic (exact) mass is 269 g/mol. The second-order valence-electron chi connectivity index (χ2n) is 4.33. The maximum Gasteiger partial charge on any atom is 0.255 e. The van der Waals surface area contributed by atoms with Crippen LogP contribution in [0, 0.1) is 6.92 Å². The number of benzene rings is 2. The van der Waals surface area contributed by atoms with Crippen molar-refractivity contribution in [1.29, 1.82) is 0 Å². The third kappa shape index (κ3) is 3.68. The molecule has 2 aromatic carbocycles. The number of anilines is 1.